The minimum absolute atomic E-state index is 0.102. The van der Waals surface area contributed by atoms with Gasteiger partial charge in [0, 0.05) is 38.3 Å². The van der Waals surface area contributed by atoms with E-state index in [4.69, 9.17) is 9.47 Å². The molecule has 0 aromatic heterocycles. The lowest BCUT2D eigenvalue weighted by Gasteiger charge is -2.36. The van der Waals surface area contributed by atoms with E-state index in [1.54, 1.807) is 0 Å². The molecular weight excluding hydrogens is 430 g/mol. The van der Waals surface area contributed by atoms with E-state index in [0.717, 1.165) is 12.8 Å². The van der Waals surface area contributed by atoms with Crippen molar-refractivity contribution in [2.75, 3.05) is 45.9 Å². The summed E-state index contributed by atoms with van der Waals surface area (Å²) in [7, 11) is 0. The molecule has 0 radical (unpaired) electrons. The lowest BCUT2D eigenvalue weighted by molar-refractivity contribution is -0.0538. The Bertz CT molecular complexity index is 906. The summed E-state index contributed by atoms with van der Waals surface area (Å²) in [5.41, 5.74) is 0.470. The van der Waals surface area contributed by atoms with Crippen molar-refractivity contribution in [1.29, 1.82) is 0 Å². The molecule has 8 heteroatoms. The number of amides is 1. The number of aliphatic hydroxyl groups excluding tert-OH is 1. The van der Waals surface area contributed by atoms with Crippen LogP contribution in [0, 0.1) is 17.6 Å². The van der Waals surface area contributed by atoms with Gasteiger partial charge < -0.3 is 19.5 Å². The van der Waals surface area contributed by atoms with E-state index in [1.807, 2.05) is 4.90 Å². The molecule has 2 aromatic rings. The zero-order valence-corrected chi connectivity index (χ0v) is 18.5. The highest BCUT2D eigenvalue weighted by Gasteiger charge is 2.31. The van der Waals surface area contributed by atoms with Crippen molar-refractivity contribution >= 4 is 5.91 Å². The zero-order chi connectivity index (χ0) is 23.2. The first-order valence-corrected chi connectivity index (χ1v) is 11.4. The molecular formula is C25H30F2N2O4. The van der Waals surface area contributed by atoms with Crippen LogP contribution in [0.3, 0.4) is 0 Å². The van der Waals surface area contributed by atoms with E-state index < -0.39 is 6.10 Å². The van der Waals surface area contributed by atoms with E-state index in [2.05, 4.69) is 4.90 Å². The van der Waals surface area contributed by atoms with Crippen molar-refractivity contribution in [1.82, 2.24) is 9.80 Å². The smallest absolute Gasteiger partial charge is 0.253 e. The lowest BCUT2D eigenvalue weighted by Crippen LogP contribution is -2.51. The number of nitrogens with zero attached hydrogens (tertiary/aromatic N) is 2. The number of benzene rings is 2. The first-order chi connectivity index (χ1) is 16.0. The van der Waals surface area contributed by atoms with Crippen LogP contribution in [-0.2, 0) is 4.74 Å². The molecule has 2 aromatic carbocycles. The summed E-state index contributed by atoms with van der Waals surface area (Å²) in [5.74, 6) is 0.199. The first-order valence-electron chi connectivity index (χ1n) is 11.4. The van der Waals surface area contributed by atoms with Crippen LogP contribution >= 0.6 is 0 Å². The van der Waals surface area contributed by atoms with Crippen molar-refractivity contribution in [3.63, 3.8) is 0 Å². The molecule has 2 atom stereocenters. The molecule has 0 unspecified atom stereocenters. The summed E-state index contributed by atoms with van der Waals surface area (Å²) in [6.45, 7) is 3.41. The third kappa shape index (κ3) is 7.22. The van der Waals surface area contributed by atoms with Gasteiger partial charge in [0.1, 0.15) is 30.1 Å². The Hall–Kier alpha value is -2.55. The number of carbonyl (C=O) groups is 1. The molecule has 1 saturated heterocycles. The van der Waals surface area contributed by atoms with Gasteiger partial charge in [-0.1, -0.05) is 0 Å². The predicted molar refractivity (Wildman–Crippen MR) is 119 cm³/mol. The van der Waals surface area contributed by atoms with Gasteiger partial charge in [-0.2, -0.15) is 0 Å². The average molecular weight is 461 g/mol. The predicted octanol–water partition coefficient (Wildman–Crippen LogP) is 2.96. The summed E-state index contributed by atoms with van der Waals surface area (Å²) in [4.78, 5) is 17.0. The summed E-state index contributed by atoms with van der Waals surface area (Å²) < 4.78 is 37.7. The van der Waals surface area contributed by atoms with Crippen molar-refractivity contribution in [3.05, 3.63) is 65.7 Å². The Kier molecular flexibility index (Phi) is 7.90. The number of rotatable bonds is 10. The van der Waals surface area contributed by atoms with Gasteiger partial charge in [0.25, 0.3) is 5.91 Å². The Morgan fingerprint density at radius 3 is 2.42 bits per heavy atom. The second-order valence-electron chi connectivity index (χ2n) is 8.83. The maximum absolute atomic E-state index is 13.3. The fourth-order valence-corrected chi connectivity index (χ4v) is 4.00. The van der Waals surface area contributed by atoms with Crippen LogP contribution in [0.2, 0.25) is 0 Å². The molecule has 1 saturated carbocycles. The maximum Gasteiger partial charge on any atom is 0.253 e. The second-order valence-corrected chi connectivity index (χ2v) is 8.83. The number of morpholine rings is 1. The van der Waals surface area contributed by atoms with Crippen LogP contribution in [0.25, 0.3) is 0 Å². The molecule has 178 valence electrons. The standard InChI is InChI=1S/C25H30F2N2O4/c26-20-5-3-19(4-6-20)25(31)29(13-18-1-2-18)16-24-15-28(11-12-32-24)14-22(30)17-33-23-9-7-21(27)8-10-23/h3-10,18,22,24,30H,1-2,11-17H2/t22-,24+/m0/s1. The second kappa shape index (κ2) is 11.0. The fourth-order valence-electron chi connectivity index (χ4n) is 4.00. The van der Waals surface area contributed by atoms with E-state index >= 15 is 0 Å². The molecule has 1 aliphatic carbocycles. The van der Waals surface area contributed by atoms with E-state index in [0.29, 0.717) is 56.6 Å². The van der Waals surface area contributed by atoms with Crippen LogP contribution in [0.15, 0.2) is 48.5 Å². The van der Waals surface area contributed by atoms with Crippen molar-refractivity contribution < 1.29 is 28.2 Å². The highest BCUT2D eigenvalue weighted by Crippen LogP contribution is 2.30. The topological polar surface area (TPSA) is 62.2 Å². The van der Waals surface area contributed by atoms with Gasteiger partial charge in [-0.05, 0) is 67.3 Å². The van der Waals surface area contributed by atoms with E-state index in [9.17, 15) is 18.7 Å². The minimum Gasteiger partial charge on any atom is -0.491 e. The third-order valence-electron chi connectivity index (χ3n) is 5.93. The van der Waals surface area contributed by atoms with Gasteiger partial charge in [-0.15, -0.1) is 0 Å². The maximum atomic E-state index is 13.3. The third-order valence-corrected chi connectivity index (χ3v) is 5.93. The molecule has 0 spiro atoms. The molecule has 2 aliphatic rings. The van der Waals surface area contributed by atoms with E-state index in [-0.39, 0.29) is 30.3 Å². The normalized spacial score (nSPS) is 19.8. The highest BCUT2D eigenvalue weighted by molar-refractivity contribution is 5.94. The van der Waals surface area contributed by atoms with Crippen LogP contribution in [0.5, 0.6) is 5.75 Å². The van der Waals surface area contributed by atoms with Gasteiger partial charge in [-0.25, -0.2) is 8.78 Å². The molecule has 1 N–H and O–H groups in total. The number of halogens is 2. The zero-order valence-electron chi connectivity index (χ0n) is 18.5. The fraction of sp³-hybridized carbons (Fsp3) is 0.480. The monoisotopic (exact) mass is 460 g/mol. The summed E-state index contributed by atoms with van der Waals surface area (Å²) >= 11 is 0. The number of hydrogen-bond acceptors (Lipinski definition) is 5. The minimum atomic E-state index is -0.711. The molecule has 1 amide bonds. The first kappa shape index (κ1) is 23.6. The Morgan fingerprint density at radius 1 is 1.09 bits per heavy atom. The van der Waals surface area contributed by atoms with Crippen LogP contribution in [-0.4, -0.2) is 79.0 Å². The molecule has 1 heterocycles. The lowest BCUT2D eigenvalue weighted by atomic mass is 10.1. The van der Waals surface area contributed by atoms with Crippen LogP contribution in [0.1, 0.15) is 23.2 Å². The van der Waals surface area contributed by atoms with Gasteiger partial charge in [0.15, 0.2) is 0 Å². The molecule has 1 aliphatic heterocycles. The van der Waals surface area contributed by atoms with Crippen molar-refractivity contribution in [3.8, 4) is 5.75 Å². The quantitative estimate of drug-likeness (QED) is 0.591. The number of β-amino-alcohol motifs (C(OH)–C–C–N with tert-alkyl or cyclic N) is 1. The van der Waals surface area contributed by atoms with E-state index in [1.165, 1.54) is 48.5 Å². The number of aliphatic hydroxyl groups is 1. The molecule has 2 fully saturated rings. The molecule has 6 nitrogen and oxygen atoms in total. The SMILES string of the molecule is O=C(c1ccc(F)cc1)N(CC1CC1)C[C@H]1CN(C[C@H](O)COc2ccc(F)cc2)CCO1. The average Bonchev–Trinajstić information content (AvgIpc) is 3.63. The number of hydrogen-bond donors (Lipinski definition) is 1. The Labute approximate surface area is 192 Å². The largest absolute Gasteiger partial charge is 0.491 e. The van der Waals surface area contributed by atoms with Gasteiger partial charge in [0.05, 0.1) is 12.7 Å². The van der Waals surface area contributed by atoms with Crippen LogP contribution < -0.4 is 4.74 Å². The van der Waals surface area contributed by atoms with Gasteiger partial charge >= 0.3 is 0 Å². The van der Waals surface area contributed by atoms with Crippen molar-refractivity contribution in [2.24, 2.45) is 5.92 Å². The summed E-state index contributed by atoms with van der Waals surface area (Å²) in [6, 6.07) is 11.3. The van der Waals surface area contributed by atoms with Crippen LogP contribution in [0.4, 0.5) is 8.78 Å². The summed E-state index contributed by atoms with van der Waals surface area (Å²) in [5, 5.41) is 10.4. The van der Waals surface area contributed by atoms with Crippen molar-refractivity contribution in [2.45, 2.75) is 25.0 Å². The number of ether oxygens (including phenoxy) is 2. The summed E-state index contributed by atoms with van der Waals surface area (Å²) in [6.07, 6.45) is 1.35. The highest BCUT2D eigenvalue weighted by atomic mass is 19.1. The van der Waals surface area contributed by atoms with Gasteiger partial charge in [-0.3, -0.25) is 9.69 Å². The molecule has 4 rings (SSSR count). The molecule has 0 bridgehead atoms. The molecule has 33 heavy (non-hydrogen) atoms. The van der Waals surface area contributed by atoms with Gasteiger partial charge in [0.2, 0.25) is 0 Å². The Morgan fingerprint density at radius 2 is 1.76 bits per heavy atom. The Balaban J connectivity index is 1.29. The number of carbonyl (C=O) groups excluding carboxylic acids is 1.